The van der Waals surface area contributed by atoms with Gasteiger partial charge >= 0.3 is 0 Å². The summed E-state index contributed by atoms with van der Waals surface area (Å²) in [5.41, 5.74) is 3.55. The van der Waals surface area contributed by atoms with Crippen molar-refractivity contribution in [3.63, 3.8) is 0 Å². The number of nitrogens with zero attached hydrogens (tertiary/aromatic N) is 2. The van der Waals surface area contributed by atoms with E-state index in [1.807, 2.05) is 36.1 Å². The van der Waals surface area contributed by atoms with Crippen LogP contribution in [0.2, 0.25) is 10.0 Å². The fourth-order valence-electron chi connectivity index (χ4n) is 2.18. The van der Waals surface area contributed by atoms with E-state index in [1.165, 1.54) is 11.3 Å². The molecule has 0 saturated carbocycles. The van der Waals surface area contributed by atoms with Crippen LogP contribution in [0, 0.1) is 6.92 Å². The van der Waals surface area contributed by atoms with Crippen LogP contribution in [0.3, 0.4) is 0 Å². The number of benzene rings is 1. The van der Waals surface area contributed by atoms with Gasteiger partial charge in [0.1, 0.15) is 0 Å². The van der Waals surface area contributed by atoms with Gasteiger partial charge in [-0.3, -0.25) is 4.68 Å². The van der Waals surface area contributed by atoms with Crippen LogP contribution >= 0.6 is 23.2 Å². The molecule has 108 valence electrons. The summed E-state index contributed by atoms with van der Waals surface area (Å²) >= 11 is 12.0. The van der Waals surface area contributed by atoms with Crippen LogP contribution in [0.4, 0.5) is 0 Å². The molecular weight excluding hydrogens is 293 g/mol. The maximum Gasteiger partial charge on any atom is 0.0595 e. The molecule has 1 aromatic carbocycles. The fourth-order valence-corrected chi connectivity index (χ4v) is 2.48. The molecule has 0 radical (unpaired) electrons. The van der Waals surface area contributed by atoms with E-state index in [4.69, 9.17) is 23.2 Å². The largest absolute Gasteiger partial charge is 0.306 e. The molecule has 1 N–H and O–H groups in total. The SMILES string of the molecule is CCC(NCc1cnn(C)c1C)c1ccc(Cl)c(Cl)c1. The van der Waals surface area contributed by atoms with Crippen LogP contribution in [0.5, 0.6) is 0 Å². The quantitative estimate of drug-likeness (QED) is 0.893. The van der Waals surface area contributed by atoms with Crippen molar-refractivity contribution in [2.24, 2.45) is 7.05 Å². The molecule has 1 aromatic heterocycles. The minimum absolute atomic E-state index is 0.254. The molecule has 0 bridgehead atoms. The van der Waals surface area contributed by atoms with Crippen LogP contribution < -0.4 is 5.32 Å². The van der Waals surface area contributed by atoms with E-state index in [1.54, 1.807) is 0 Å². The smallest absolute Gasteiger partial charge is 0.0595 e. The zero-order valence-electron chi connectivity index (χ0n) is 12.0. The topological polar surface area (TPSA) is 29.9 Å². The molecular formula is C15H19Cl2N3. The van der Waals surface area contributed by atoms with Gasteiger partial charge in [0.05, 0.1) is 16.2 Å². The van der Waals surface area contributed by atoms with E-state index in [2.05, 4.69) is 24.3 Å². The zero-order valence-corrected chi connectivity index (χ0v) is 13.5. The lowest BCUT2D eigenvalue weighted by Gasteiger charge is -2.18. The number of aromatic nitrogens is 2. The van der Waals surface area contributed by atoms with E-state index in [9.17, 15) is 0 Å². The van der Waals surface area contributed by atoms with Gasteiger partial charge in [-0.25, -0.2) is 0 Å². The summed E-state index contributed by atoms with van der Waals surface area (Å²) in [6, 6.07) is 6.05. The van der Waals surface area contributed by atoms with Crippen molar-refractivity contribution in [2.45, 2.75) is 32.9 Å². The molecule has 0 spiro atoms. The van der Waals surface area contributed by atoms with Gasteiger partial charge in [-0.1, -0.05) is 36.2 Å². The summed E-state index contributed by atoms with van der Waals surface area (Å²) in [5, 5.41) is 8.99. The van der Waals surface area contributed by atoms with Gasteiger partial charge in [0.25, 0.3) is 0 Å². The first-order chi connectivity index (χ1) is 9.52. The van der Waals surface area contributed by atoms with Crippen LogP contribution in [-0.4, -0.2) is 9.78 Å². The van der Waals surface area contributed by atoms with Crippen molar-refractivity contribution in [1.29, 1.82) is 0 Å². The zero-order chi connectivity index (χ0) is 14.7. The predicted octanol–water partition coefficient (Wildman–Crippen LogP) is 4.28. The summed E-state index contributed by atoms with van der Waals surface area (Å²) in [6.07, 6.45) is 2.89. The van der Waals surface area contributed by atoms with E-state index < -0.39 is 0 Å². The molecule has 3 nitrogen and oxygen atoms in total. The third-order valence-corrected chi connectivity index (χ3v) is 4.37. The normalized spacial score (nSPS) is 12.7. The van der Waals surface area contributed by atoms with E-state index in [-0.39, 0.29) is 6.04 Å². The lowest BCUT2D eigenvalue weighted by molar-refractivity contribution is 0.518. The van der Waals surface area contributed by atoms with Gasteiger partial charge in [-0.15, -0.1) is 0 Å². The molecule has 0 aliphatic heterocycles. The summed E-state index contributed by atoms with van der Waals surface area (Å²) in [5.74, 6) is 0. The Morgan fingerprint density at radius 2 is 2.05 bits per heavy atom. The van der Waals surface area contributed by atoms with Gasteiger partial charge in [0.2, 0.25) is 0 Å². The summed E-state index contributed by atoms with van der Waals surface area (Å²) in [6.45, 7) is 5.01. The Hall–Kier alpha value is -1.03. The highest BCUT2D eigenvalue weighted by atomic mass is 35.5. The maximum absolute atomic E-state index is 6.09. The minimum Gasteiger partial charge on any atom is -0.306 e. The van der Waals surface area contributed by atoms with E-state index in [0.717, 1.165) is 18.5 Å². The standard InChI is InChI=1S/C15H19Cl2N3/c1-4-15(11-5-6-13(16)14(17)7-11)18-8-12-9-19-20(3)10(12)2/h5-7,9,15,18H,4,8H2,1-3H3. The highest BCUT2D eigenvalue weighted by Gasteiger charge is 2.12. The van der Waals surface area contributed by atoms with Crippen molar-refractivity contribution >= 4 is 23.2 Å². The van der Waals surface area contributed by atoms with Crippen LogP contribution in [-0.2, 0) is 13.6 Å². The Morgan fingerprint density at radius 1 is 1.30 bits per heavy atom. The average molecular weight is 312 g/mol. The van der Waals surface area contributed by atoms with E-state index >= 15 is 0 Å². The van der Waals surface area contributed by atoms with Crippen molar-refractivity contribution in [3.8, 4) is 0 Å². The van der Waals surface area contributed by atoms with Crippen molar-refractivity contribution in [1.82, 2.24) is 15.1 Å². The lowest BCUT2D eigenvalue weighted by atomic mass is 10.0. The number of hydrogen-bond acceptors (Lipinski definition) is 2. The number of nitrogens with one attached hydrogen (secondary N) is 1. The molecule has 5 heteroatoms. The molecule has 2 aromatic rings. The molecule has 0 aliphatic carbocycles. The monoisotopic (exact) mass is 311 g/mol. The average Bonchev–Trinajstić information content (AvgIpc) is 2.75. The Balaban J connectivity index is 2.09. The van der Waals surface area contributed by atoms with Crippen molar-refractivity contribution in [2.75, 3.05) is 0 Å². The van der Waals surface area contributed by atoms with Crippen LogP contribution in [0.25, 0.3) is 0 Å². The summed E-state index contributed by atoms with van der Waals surface area (Å²) < 4.78 is 1.89. The number of aryl methyl sites for hydroxylation is 1. The van der Waals surface area contributed by atoms with Crippen molar-refractivity contribution in [3.05, 3.63) is 51.3 Å². The molecule has 1 atom stereocenters. The first-order valence-electron chi connectivity index (χ1n) is 6.68. The Kier molecular flexibility index (Phi) is 5.08. The Labute approximate surface area is 129 Å². The molecule has 0 fully saturated rings. The van der Waals surface area contributed by atoms with Crippen molar-refractivity contribution < 1.29 is 0 Å². The minimum atomic E-state index is 0.254. The number of rotatable bonds is 5. The number of halogens is 2. The summed E-state index contributed by atoms with van der Waals surface area (Å²) in [4.78, 5) is 0. The van der Waals surface area contributed by atoms with Gasteiger partial charge < -0.3 is 5.32 Å². The maximum atomic E-state index is 6.09. The van der Waals surface area contributed by atoms with Gasteiger partial charge in [0, 0.05) is 30.9 Å². The fraction of sp³-hybridized carbons (Fsp3) is 0.400. The van der Waals surface area contributed by atoms with Gasteiger partial charge in [0.15, 0.2) is 0 Å². The van der Waals surface area contributed by atoms with Gasteiger partial charge in [-0.2, -0.15) is 5.10 Å². The van der Waals surface area contributed by atoms with Crippen LogP contribution in [0.1, 0.15) is 36.2 Å². The molecule has 0 amide bonds. The third-order valence-electron chi connectivity index (χ3n) is 3.63. The molecule has 20 heavy (non-hydrogen) atoms. The number of hydrogen-bond donors (Lipinski definition) is 1. The highest BCUT2D eigenvalue weighted by Crippen LogP contribution is 2.27. The Bertz CT molecular complexity index is 593. The van der Waals surface area contributed by atoms with Gasteiger partial charge in [-0.05, 0) is 31.0 Å². The highest BCUT2D eigenvalue weighted by molar-refractivity contribution is 6.42. The third kappa shape index (κ3) is 3.35. The molecule has 1 unspecified atom stereocenters. The molecule has 0 aliphatic rings. The first-order valence-corrected chi connectivity index (χ1v) is 7.44. The second kappa shape index (κ2) is 6.61. The molecule has 0 saturated heterocycles. The molecule has 1 heterocycles. The Morgan fingerprint density at radius 3 is 2.60 bits per heavy atom. The summed E-state index contributed by atoms with van der Waals surface area (Å²) in [7, 11) is 1.95. The van der Waals surface area contributed by atoms with Crippen LogP contribution in [0.15, 0.2) is 24.4 Å². The second-order valence-corrected chi connectivity index (χ2v) is 5.71. The predicted molar refractivity (Wildman–Crippen MR) is 84.3 cm³/mol. The second-order valence-electron chi connectivity index (χ2n) is 4.89. The first kappa shape index (κ1) is 15.4. The molecule has 2 rings (SSSR count). The lowest BCUT2D eigenvalue weighted by Crippen LogP contribution is -2.20. The van der Waals surface area contributed by atoms with E-state index in [0.29, 0.717) is 10.0 Å².